The van der Waals surface area contributed by atoms with Gasteiger partial charge in [0, 0.05) is 12.8 Å². The van der Waals surface area contributed by atoms with Crippen molar-refractivity contribution < 1.29 is 0 Å². The minimum Gasteiger partial charge on any atom is -0.316 e. The van der Waals surface area contributed by atoms with E-state index in [2.05, 4.69) is 35.9 Å². The van der Waals surface area contributed by atoms with Gasteiger partial charge >= 0.3 is 0 Å². The largest absolute Gasteiger partial charge is 0.316 e. The summed E-state index contributed by atoms with van der Waals surface area (Å²) in [6, 6.07) is 0. The van der Waals surface area contributed by atoms with Gasteiger partial charge in [-0.3, -0.25) is 9.89 Å². The summed E-state index contributed by atoms with van der Waals surface area (Å²) in [5.41, 5.74) is 5.97. The second-order valence-corrected chi connectivity index (χ2v) is 6.92. The molecular weight excluding hydrogens is 282 g/mol. The van der Waals surface area contributed by atoms with E-state index in [1.807, 2.05) is 6.21 Å². The van der Waals surface area contributed by atoms with Gasteiger partial charge in [0.05, 0.1) is 6.17 Å². The predicted molar refractivity (Wildman–Crippen MR) is 103 cm³/mol. The van der Waals surface area contributed by atoms with Gasteiger partial charge in [0.15, 0.2) is 0 Å². The Morgan fingerprint density at radius 2 is 1.65 bits per heavy atom. The molecule has 0 amide bonds. The second-order valence-electron chi connectivity index (χ2n) is 6.92. The van der Waals surface area contributed by atoms with Crippen molar-refractivity contribution in [3.8, 4) is 0 Å². The van der Waals surface area contributed by atoms with Crippen molar-refractivity contribution in [3.63, 3.8) is 0 Å². The van der Waals surface area contributed by atoms with Crippen molar-refractivity contribution in [1.82, 2.24) is 4.90 Å². The Labute approximate surface area is 144 Å². The van der Waals surface area contributed by atoms with Crippen LogP contribution in [0.25, 0.3) is 0 Å². The molecule has 23 heavy (non-hydrogen) atoms. The Morgan fingerprint density at radius 3 is 2.26 bits per heavy atom. The Hall–Kier alpha value is -0.670. The van der Waals surface area contributed by atoms with Crippen molar-refractivity contribution >= 4 is 6.21 Å². The fourth-order valence-corrected chi connectivity index (χ4v) is 3.19. The molecule has 0 saturated heterocycles. The third-order valence-corrected chi connectivity index (χ3v) is 4.70. The van der Waals surface area contributed by atoms with Gasteiger partial charge in [-0.15, -0.1) is 0 Å². The van der Waals surface area contributed by atoms with Crippen LogP contribution in [0.3, 0.4) is 0 Å². The summed E-state index contributed by atoms with van der Waals surface area (Å²) in [7, 11) is 0. The number of nitrogens with zero attached hydrogens (tertiary/aromatic N) is 2. The zero-order valence-electron chi connectivity index (χ0n) is 15.6. The van der Waals surface area contributed by atoms with Gasteiger partial charge < -0.3 is 5.73 Å². The molecule has 1 aliphatic rings. The van der Waals surface area contributed by atoms with Gasteiger partial charge in [-0.25, -0.2) is 0 Å². The Kier molecular flexibility index (Phi) is 12.2. The third kappa shape index (κ3) is 9.93. The van der Waals surface area contributed by atoms with Crippen LogP contribution in [0.1, 0.15) is 90.9 Å². The number of nitrogens with two attached hydrogens (primary N) is 1. The van der Waals surface area contributed by atoms with Crippen LogP contribution in [-0.4, -0.2) is 30.0 Å². The number of allylic oxidation sites excluding steroid dienone is 2. The van der Waals surface area contributed by atoms with Gasteiger partial charge in [-0.05, 0) is 45.4 Å². The molecule has 0 saturated carbocycles. The number of hydrogen-bond acceptors (Lipinski definition) is 3. The molecule has 0 bridgehead atoms. The van der Waals surface area contributed by atoms with Gasteiger partial charge in [0.2, 0.25) is 0 Å². The summed E-state index contributed by atoms with van der Waals surface area (Å²) in [6.07, 6.45) is 23.1. The molecule has 1 rings (SSSR count). The zero-order valence-corrected chi connectivity index (χ0v) is 15.6. The van der Waals surface area contributed by atoms with Gasteiger partial charge in [-0.1, -0.05) is 57.6 Å². The molecule has 0 aromatic rings. The van der Waals surface area contributed by atoms with Crippen LogP contribution in [0.15, 0.2) is 17.1 Å². The fraction of sp³-hybridized carbons (Fsp3) is 0.850. The van der Waals surface area contributed by atoms with Crippen LogP contribution in [0, 0.1) is 0 Å². The average Bonchev–Trinajstić information content (AvgIpc) is 3.00. The summed E-state index contributed by atoms with van der Waals surface area (Å²) in [5, 5.41) is 0. The smallest absolute Gasteiger partial charge is 0.103 e. The highest BCUT2D eigenvalue weighted by Gasteiger charge is 2.22. The first-order valence-electron chi connectivity index (χ1n) is 9.93. The summed E-state index contributed by atoms with van der Waals surface area (Å²) in [5.74, 6) is 0. The molecule has 2 unspecified atom stereocenters. The number of hydrogen-bond donors (Lipinski definition) is 1. The quantitative estimate of drug-likeness (QED) is 0.350. The lowest BCUT2D eigenvalue weighted by Gasteiger charge is -2.26. The summed E-state index contributed by atoms with van der Waals surface area (Å²) in [6.45, 7) is 5.25. The molecule has 0 radical (unpaired) electrons. The monoisotopic (exact) mass is 321 g/mol. The van der Waals surface area contributed by atoms with Gasteiger partial charge in [0.1, 0.15) is 6.17 Å². The molecular formula is C20H39N3. The standard InChI is InChI=1S/C20H39N3/c1-3-4-5-6-7-8-9-10-11-12-13-14-15-16-20-22-17-18-23(20)19(2)21/h9-10,17,19-20H,3-8,11-16,18,21H2,1-2H3/b10-9+. The van der Waals surface area contributed by atoms with Crippen molar-refractivity contribution in [1.29, 1.82) is 0 Å². The van der Waals surface area contributed by atoms with Crippen molar-refractivity contribution in [3.05, 3.63) is 12.2 Å². The Balaban J connectivity index is 1.87. The maximum atomic E-state index is 5.97. The second kappa shape index (κ2) is 13.7. The van der Waals surface area contributed by atoms with E-state index in [-0.39, 0.29) is 6.17 Å². The van der Waals surface area contributed by atoms with E-state index >= 15 is 0 Å². The summed E-state index contributed by atoms with van der Waals surface area (Å²) >= 11 is 0. The Bertz CT molecular complexity index is 323. The van der Waals surface area contributed by atoms with E-state index in [1.54, 1.807) is 0 Å². The van der Waals surface area contributed by atoms with E-state index in [9.17, 15) is 0 Å². The number of aliphatic imine (C=N–C) groups is 1. The van der Waals surface area contributed by atoms with Crippen LogP contribution < -0.4 is 5.73 Å². The lowest BCUT2D eigenvalue weighted by atomic mass is 10.1. The maximum absolute atomic E-state index is 5.97. The number of unbranched alkanes of at least 4 members (excludes halogenated alkanes) is 9. The van der Waals surface area contributed by atoms with Crippen LogP contribution in [0.4, 0.5) is 0 Å². The molecule has 0 aliphatic carbocycles. The highest BCUT2D eigenvalue weighted by atomic mass is 15.3. The SMILES string of the molecule is CCCCCCC/C=C/CCCCCCC1N=CCN1C(C)N. The molecule has 1 aliphatic heterocycles. The molecule has 0 fully saturated rings. The number of rotatable bonds is 14. The Morgan fingerprint density at radius 1 is 1.04 bits per heavy atom. The lowest BCUT2D eigenvalue weighted by molar-refractivity contribution is 0.182. The first kappa shape index (κ1) is 20.4. The van der Waals surface area contributed by atoms with E-state index < -0.39 is 0 Å². The lowest BCUT2D eigenvalue weighted by Crippen LogP contribution is -2.43. The van der Waals surface area contributed by atoms with E-state index in [0.717, 1.165) is 13.0 Å². The molecule has 0 spiro atoms. The molecule has 3 nitrogen and oxygen atoms in total. The molecule has 2 atom stereocenters. The van der Waals surface area contributed by atoms with E-state index in [1.165, 1.54) is 70.6 Å². The molecule has 134 valence electrons. The predicted octanol–water partition coefficient (Wildman–Crippen LogP) is 5.26. The first-order chi connectivity index (χ1) is 11.3. The summed E-state index contributed by atoms with van der Waals surface area (Å²) < 4.78 is 0. The average molecular weight is 322 g/mol. The topological polar surface area (TPSA) is 41.6 Å². The molecule has 1 heterocycles. The maximum Gasteiger partial charge on any atom is 0.103 e. The van der Waals surface area contributed by atoms with Crippen LogP contribution >= 0.6 is 0 Å². The van der Waals surface area contributed by atoms with Crippen LogP contribution in [-0.2, 0) is 0 Å². The molecule has 3 heteroatoms. The van der Waals surface area contributed by atoms with E-state index in [4.69, 9.17) is 5.73 Å². The normalized spacial score (nSPS) is 19.9. The first-order valence-corrected chi connectivity index (χ1v) is 9.93. The highest BCUT2D eigenvalue weighted by Crippen LogP contribution is 2.16. The van der Waals surface area contributed by atoms with Crippen molar-refractivity contribution in [2.24, 2.45) is 10.7 Å². The fourth-order valence-electron chi connectivity index (χ4n) is 3.19. The minimum atomic E-state index is 0.120. The zero-order chi connectivity index (χ0) is 16.8. The minimum absolute atomic E-state index is 0.120. The van der Waals surface area contributed by atoms with E-state index in [0.29, 0.717) is 6.17 Å². The van der Waals surface area contributed by atoms with Crippen LogP contribution in [0.5, 0.6) is 0 Å². The van der Waals surface area contributed by atoms with Gasteiger partial charge in [0.25, 0.3) is 0 Å². The van der Waals surface area contributed by atoms with Crippen LogP contribution in [0.2, 0.25) is 0 Å². The highest BCUT2D eigenvalue weighted by molar-refractivity contribution is 5.62. The molecule has 0 aromatic carbocycles. The van der Waals surface area contributed by atoms with Crippen molar-refractivity contribution in [2.45, 2.75) is 103 Å². The molecule has 0 aromatic heterocycles. The third-order valence-electron chi connectivity index (χ3n) is 4.70. The molecule has 2 N–H and O–H groups in total. The van der Waals surface area contributed by atoms with Crippen molar-refractivity contribution in [2.75, 3.05) is 6.54 Å². The summed E-state index contributed by atoms with van der Waals surface area (Å²) in [4.78, 5) is 6.82. The van der Waals surface area contributed by atoms with Gasteiger partial charge in [-0.2, -0.15) is 0 Å².